The van der Waals surface area contributed by atoms with Gasteiger partial charge in [-0.1, -0.05) is 6.92 Å². The van der Waals surface area contributed by atoms with E-state index in [-0.39, 0.29) is 0 Å². The predicted molar refractivity (Wildman–Crippen MR) is 71.6 cm³/mol. The quantitative estimate of drug-likeness (QED) is 0.869. The molecule has 0 saturated carbocycles. The summed E-state index contributed by atoms with van der Waals surface area (Å²) in [6, 6.07) is 2.50. The second-order valence-electron chi connectivity index (χ2n) is 4.84. The van der Waals surface area contributed by atoms with Crippen molar-refractivity contribution in [2.24, 2.45) is 0 Å². The number of aryl methyl sites for hydroxylation is 1. The van der Waals surface area contributed by atoms with Crippen LogP contribution < -0.4 is 10.2 Å². The first-order chi connectivity index (χ1) is 8.19. The molecule has 1 aromatic heterocycles. The van der Waals surface area contributed by atoms with Gasteiger partial charge in [0.25, 0.3) is 0 Å². The molecule has 2 heterocycles. The molecular formula is C13H22N4. The fourth-order valence-corrected chi connectivity index (χ4v) is 2.05. The summed E-state index contributed by atoms with van der Waals surface area (Å²) >= 11 is 0. The van der Waals surface area contributed by atoms with Crippen molar-refractivity contribution in [2.45, 2.75) is 46.1 Å². The molecule has 4 heteroatoms. The van der Waals surface area contributed by atoms with Crippen molar-refractivity contribution in [3.8, 4) is 0 Å². The van der Waals surface area contributed by atoms with Gasteiger partial charge in [-0.2, -0.15) is 4.98 Å². The van der Waals surface area contributed by atoms with Gasteiger partial charge in [0.15, 0.2) is 0 Å². The lowest BCUT2D eigenvalue weighted by Crippen LogP contribution is -2.21. The fraction of sp³-hybridized carbons (Fsp3) is 0.692. The lowest BCUT2D eigenvalue weighted by atomic mass is 10.3. The van der Waals surface area contributed by atoms with E-state index in [2.05, 4.69) is 40.1 Å². The van der Waals surface area contributed by atoms with Crippen molar-refractivity contribution < 1.29 is 0 Å². The third kappa shape index (κ3) is 3.08. The molecule has 1 aliphatic heterocycles. The van der Waals surface area contributed by atoms with Crippen LogP contribution in [0.2, 0.25) is 0 Å². The Hall–Kier alpha value is -1.32. The maximum atomic E-state index is 4.61. The fourth-order valence-electron chi connectivity index (χ4n) is 2.05. The largest absolute Gasteiger partial charge is 0.356 e. The van der Waals surface area contributed by atoms with Crippen molar-refractivity contribution in [1.82, 2.24) is 9.97 Å². The average Bonchev–Trinajstić information content (AvgIpc) is 2.81. The molecule has 1 aliphatic rings. The Labute approximate surface area is 103 Å². The zero-order valence-electron chi connectivity index (χ0n) is 11.0. The van der Waals surface area contributed by atoms with E-state index in [1.807, 2.05) is 6.92 Å². The number of anilines is 2. The number of nitrogens with one attached hydrogen (secondary N) is 1. The van der Waals surface area contributed by atoms with Crippen molar-refractivity contribution in [2.75, 3.05) is 23.3 Å². The Morgan fingerprint density at radius 1 is 1.35 bits per heavy atom. The first kappa shape index (κ1) is 12.1. The number of hydrogen-bond donors (Lipinski definition) is 1. The summed E-state index contributed by atoms with van der Waals surface area (Å²) in [5.74, 6) is 1.84. The molecule has 1 fully saturated rings. The van der Waals surface area contributed by atoms with Crippen LogP contribution in [-0.4, -0.2) is 29.1 Å². The molecule has 1 atom stereocenters. The predicted octanol–water partition coefficient (Wildman–Crippen LogP) is 2.60. The normalized spacial score (nSPS) is 17.2. The lowest BCUT2D eigenvalue weighted by molar-refractivity contribution is 0.750. The average molecular weight is 234 g/mol. The Bertz CT molecular complexity index is 372. The van der Waals surface area contributed by atoms with E-state index < -0.39 is 0 Å². The van der Waals surface area contributed by atoms with Crippen molar-refractivity contribution in [3.05, 3.63) is 11.8 Å². The van der Waals surface area contributed by atoms with Gasteiger partial charge in [-0.05, 0) is 33.1 Å². The minimum Gasteiger partial charge on any atom is -0.356 e. The highest BCUT2D eigenvalue weighted by Crippen LogP contribution is 2.20. The van der Waals surface area contributed by atoms with Crippen LogP contribution in [0.4, 0.5) is 11.8 Å². The Kier molecular flexibility index (Phi) is 3.82. The molecule has 0 amide bonds. The van der Waals surface area contributed by atoms with E-state index in [0.29, 0.717) is 6.04 Å². The van der Waals surface area contributed by atoms with Gasteiger partial charge in [0.05, 0.1) is 0 Å². The van der Waals surface area contributed by atoms with Gasteiger partial charge < -0.3 is 10.2 Å². The number of nitrogens with zero attached hydrogens (tertiary/aromatic N) is 3. The van der Waals surface area contributed by atoms with Crippen LogP contribution in [0.3, 0.4) is 0 Å². The molecule has 1 saturated heterocycles. The molecular weight excluding hydrogens is 212 g/mol. The molecule has 0 radical (unpaired) electrons. The number of hydrogen-bond acceptors (Lipinski definition) is 4. The molecule has 1 unspecified atom stereocenters. The minimum absolute atomic E-state index is 0.420. The van der Waals surface area contributed by atoms with E-state index in [0.717, 1.165) is 37.0 Å². The van der Waals surface area contributed by atoms with Gasteiger partial charge in [-0.25, -0.2) is 4.98 Å². The SMILES string of the molecule is CCC(C)Nc1nc(C)cc(N2CCCC2)n1. The molecule has 0 bridgehead atoms. The Balaban J connectivity index is 2.16. The first-order valence-corrected chi connectivity index (χ1v) is 6.56. The van der Waals surface area contributed by atoms with Crippen LogP contribution in [0.15, 0.2) is 6.07 Å². The molecule has 0 aliphatic carbocycles. The molecule has 1 aromatic rings. The molecule has 1 N–H and O–H groups in total. The van der Waals surface area contributed by atoms with Crippen LogP contribution >= 0.6 is 0 Å². The van der Waals surface area contributed by atoms with Gasteiger partial charge in [0.2, 0.25) is 5.95 Å². The Morgan fingerprint density at radius 2 is 2.06 bits per heavy atom. The standard InChI is InChI=1S/C13H22N4/c1-4-10(2)14-13-15-11(3)9-12(16-13)17-7-5-6-8-17/h9-10H,4-8H2,1-3H3,(H,14,15,16). The topological polar surface area (TPSA) is 41.1 Å². The molecule has 0 spiro atoms. The summed E-state index contributed by atoms with van der Waals surface area (Å²) in [4.78, 5) is 11.4. The summed E-state index contributed by atoms with van der Waals surface area (Å²) in [5.41, 5.74) is 1.03. The van der Waals surface area contributed by atoms with E-state index in [1.165, 1.54) is 12.8 Å². The maximum absolute atomic E-state index is 4.61. The van der Waals surface area contributed by atoms with Crippen LogP contribution in [-0.2, 0) is 0 Å². The zero-order chi connectivity index (χ0) is 12.3. The zero-order valence-corrected chi connectivity index (χ0v) is 11.0. The van der Waals surface area contributed by atoms with Gasteiger partial charge in [-0.15, -0.1) is 0 Å². The summed E-state index contributed by atoms with van der Waals surface area (Å²) in [5, 5.41) is 3.35. The third-order valence-corrected chi connectivity index (χ3v) is 3.26. The van der Waals surface area contributed by atoms with E-state index >= 15 is 0 Å². The summed E-state index contributed by atoms with van der Waals surface area (Å²) in [6.45, 7) is 8.59. The number of rotatable bonds is 4. The van der Waals surface area contributed by atoms with Gasteiger partial charge in [-0.3, -0.25) is 0 Å². The van der Waals surface area contributed by atoms with Crippen LogP contribution in [0, 0.1) is 6.92 Å². The maximum Gasteiger partial charge on any atom is 0.225 e. The highest BCUT2D eigenvalue weighted by Gasteiger charge is 2.15. The lowest BCUT2D eigenvalue weighted by Gasteiger charge is -2.19. The van der Waals surface area contributed by atoms with Crippen molar-refractivity contribution in [1.29, 1.82) is 0 Å². The first-order valence-electron chi connectivity index (χ1n) is 6.56. The monoisotopic (exact) mass is 234 g/mol. The van der Waals surface area contributed by atoms with Gasteiger partial charge in [0.1, 0.15) is 5.82 Å². The highest BCUT2D eigenvalue weighted by molar-refractivity contribution is 5.45. The molecule has 4 nitrogen and oxygen atoms in total. The molecule has 94 valence electrons. The van der Waals surface area contributed by atoms with E-state index in [1.54, 1.807) is 0 Å². The van der Waals surface area contributed by atoms with Crippen molar-refractivity contribution in [3.63, 3.8) is 0 Å². The van der Waals surface area contributed by atoms with Gasteiger partial charge in [0, 0.05) is 30.9 Å². The van der Waals surface area contributed by atoms with Crippen LogP contribution in [0.25, 0.3) is 0 Å². The second kappa shape index (κ2) is 5.34. The van der Waals surface area contributed by atoms with Crippen LogP contribution in [0.5, 0.6) is 0 Å². The second-order valence-corrected chi connectivity index (χ2v) is 4.84. The number of aromatic nitrogens is 2. The summed E-state index contributed by atoms with van der Waals surface area (Å²) in [6.07, 6.45) is 3.63. The smallest absolute Gasteiger partial charge is 0.225 e. The highest BCUT2D eigenvalue weighted by atomic mass is 15.2. The Morgan fingerprint density at radius 3 is 2.71 bits per heavy atom. The molecule has 2 rings (SSSR count). The molecule has 17 heavy (non-hydrogen) atoms. The van der Waals surface area contributed by atoms with E-state index in [9.17, 15) is 0 Å². The summed E-state index contributed by atoms with van der Waals surface area (Å²) < 4.78 is 0. The van der Waals surface area contributed by atoms with Gasteiger partial charge >= 0.3 is 0 Å². The third-order valence-electron chi connectivity index (χ3n) is 3.26. The molecule has 0 aromatic carbocycles. The summed E-state index contributed by atoms with van der Waals surface area (Å²) in [7, 11) is 0. The van der Waals surface area contributed by atoms with Crippen LogP contribution in [0.1, 0.15) is 38.8 Å². The van der Waals surface area contributed by atoms with Crippen molar-refractivity contribution >= 4 is 11.8 Å². The van der Waals surface area contributed by atoms with E-state index in [4.69, 9.17) is 0 Å². The minimum atomic E-state index is 0.420.